The van der Waals surface area contributed by atoms with E-state index in [-0.39, 0.29) is 24.1 Å². The fraction of sp³-hybridized carbons (Fsp3) is 0.959. The summed E-state index contributed by atoms with van der Waals surface area (Å²) in [6.45, 7) is 13.0. The molecule has 1 N–H and O–H groups in total. The summed E-state index contributed by atoms with van der Waals surface area (Å²) in [5.41, 5.74) is 0. The van der Waals surface area contributed by atoms with Crippen LogP contribution in [0.15, 0.2) is 0 Å². The molecule has 57 heavy (non-hydrogen) atoms. The van der Waals surface area contributed by atoms with Crippen LogP contribution in [-0.2, 0) is 30.0 Å². The Balaban J connectivity index is 4.37. The third-order valence-corrected chi connectivity index (χ3v) is 12.1. The van der Waals surface area contributed by atoms with Gasteiger partial charge in [-0.15, -0.1) is 0 Å². The number of esters is 2. The highest BCUT2D eigenvalue weighted by molar-refractivity contribution is 7.82. The zero-order valence-electron chi connectivity index (χ0n) is 38.8. The minimum absolute atomic E-state index is 0.00148. The van der Waals surface area contributed by atoms with Crippen LogP contribution < -0.4 is 4.72 Å². The number of rotatable bonds is 46. The molecule has 0 saturated carbocycles. The Morgan fingerprint density at radius 1 is 0.439 bits per heavy atom. The van der Waals surface area contributed by atoms with E-state index in [1.807, 2.05) is 0 Å². The predicted octanol–water partition coefficient (Wildman–Crippen LogP) is 14.1. The quantitative estimate of drug-likeness (QED) is 0.0486. The maximum Gasteiger partial charge on any atom is 0.306 e. The molecule has 0 aromatic carbocycles. The lowest BCUT2D eigenvalue weighted by Crippen LogP contribution is -2.30. The van der Waals surface area contributed by atoms with Crippen LogP contribution in [0.4, 0.5) is 0 Å². The molecule has 0 spiro atoms. The first-order valence-corrected chi connectivity index (χ1v) is 26.6. The molecular weight excluding hydrogens is 729 g/mol. The third-order valence-electron chi connectivity index (χ3n) is 11.5. The van der Waals surface area contributed by atoms with Gasteiger partial charge in [0.05, 0.1) is 11.0 Å². The SMILES string of the molecule is CCCCCCCCC(CCC)OC(=O)CCCCCCCN(CCCCCCCC(=O)OC(CCCCCCCC)CCCCCCCC)CCCNS(C)=O. The second kappa shape index (κ2) is 44.6. The van der Waals surface area contributed by atoms with Crippen molar-refractivity contribution >= 4 is 22.9 Å². The van der Waals surface area contributed by atoms with Gasteiger partial charge in [0.1, 0.15) is 12.2 Å². The molecule has 0 aromatic heterocycles. The fourth-order valence-electron chi connectivity index (χ4n) is 7.92. The van der Waals surface area contributed by atoms with Crippen molar-refractivity contribution in [3.8, 4) is 0 Å². The third kappa shape index (κ3) is 41.5. The van der Waals surface area contributed by atoms with E-state index in [0.717, 1.165) is 103 Å². The number of hydrogen-bond acceptors (Lipinski definition) is 6. The smallest absolute Gasteiger partial charge is 0.306 e. The monoisotopic (exact) mass is 827 g/mol. The molecule has 8 heteroatoms. The number of carbonyl (C=O) groups excluding carboxylic acids is 2. The maximum atomic E-state index is 12.8. The molecule has 0 saturated heterocycles. The van der Waals surface area contributed by atoms with E-state index in [1.54, 1.807) is 6.26 Å². The van der Waals surface area contributed by atoms with Crippen LogP contribution in [0.1, 0.15) is 259 Å². The van der Waals surface area contributed by atoms with Gasteiger partial charge >= 0.3 is 11.9 Å². The minimum atomic E-state index is -0.961. The standard InChI is InChI=1S/C49H98N2O5S/c1-6-10-13-16-21-28-37-46(36-9-4)55-48(52)40-31-24-19-26-33-43-51(45-35-42-50-57(5)54)44-34-27-20-25-32-41-49(53)56-47(38-29-22-17-14-11-7-2)39-30-23-18-15-12-8-3/h46-47,50H,6-45H2,1-5H3. The molecule has 0 aliphatic carbocycles. The molecule has 0 aliphatic heterocycles. The zero-order chi connectivity index (χ0) is 41.9. The highest BCUT2D eigenvalue weighted by Crippen LogP contribution is 2.19. The molecule has 2 unspecified atom stereocenters. The van der Waals surface area contributed by atoms with Gasteiger partial charge in [-0.1, -0.05) is 169 Å². The van der Waals surface area contributed by atoms with Crippen molar-refractivity contribution in [3.05, 3.63) is 0 Å². The Morgan fingerprint density at radius 2 is 0.772 bits per heavy atom. The summed E-state index contributed by atoms with van der Waals surface area (Å²) in [7, 11) is -0.961. The number of nitrogens with one attached hydrogen (secondary N) is 1. The minimum Gasteiger partial charge on any atom is -0.462 e. The van der Waals surface area contributed by atoms with E-state index < -0.39 is 11.0 Å². The topological polar surface area (TPSA) is 84.9 Å². The van der Waals surface area contributed by atoms with Crippen LogP contribution in [0.2, 0.25) is 0 Å². The number of unbranched alkanes of at least 4 members (excludes halogenated alkanes) is 23. The number of nitrogens with zero attached hydrogens (tertiary/aromatic N) is 1. The Bertz CT molecular complexity index is 874. The predicted molar refractivity (Wildman–Crippen MR) is 247 cm³/mol. The molecule has 0 radical (unpaired) electrons. The molecule has 340 valence electrons. The average Bonchev–Trinajstić information content (AvgIpc) is 3.19. The summed E-state index contributed by atoms with van der Waals surface area (Å²) in [5.74, 6) is 0.0162. The van der Waals surface area contributed by atoms with Gasteiger partial charge in [0.25, 0.3) is 0 Å². The maximum absolute atomic E-state index is 12.8. The molecule has 0 heterocycles. The van der Waals surface area contributed by atoms with E-state index in [9.17, 15) is 13.8 Å². The molecule has 0 amide bonds. The second-order valence-electron chi connectivity index (χ2n) is 17.3. The highest BCUT2D eigenvalue weighted by Gasteiger charge is 2.15. The summed E-state index contributed by atoms with van der Waals surface area (Å²) >= 11 is 0. The number of hydrogen-bond donors (Lipinski definition) is 1. The normalized spacial score (nSPS) is 12.8. The molecule has 0 aliphatic rings. The summed E-state index contributed by atoms with van der Waals surface area (Å²) in [4.78, 5) is 27.9. The fourth-order valence-corrected chi connectivity index (χ4v) is 8.35. The van der Waals surface area contributed by atoms with Crippen molar-refractivity contribution < 1.29 is 23.3 Å². The van der Waals surface area contributed by atoms with Crippen molar-refractivity contribution in [2.75, 3.05) is 32.4 Å². The molecule has 0 rings (SSSR count). The van der Waals surface area contributed by atoms with Crippen LogP contribution in [0.5, 0.6) is 0 Å². The molecule has 2 atom stereocenters. The van der Waals surface area contributed by atoms with Gasteiger partial charge in [-0.2, -0.15) is 0 Å². The largest absolute Gasteiger partial charge is 0.462 e. The second-order valence-corrected chi connectivity index (χ2v) is 18.5. The van der Waals surface area contributed by atoms with Gasteiger partial charge in [0.2, 0.25) is 0 Å². The van der Waals surface area contributed by atoms with Gasteiger partial charge in [0, 0.05) is 25.6 Å². The molecule has 0 bridgehead atoms. The van der Waals surface area contributed by atoms with Crippen LogP contribution in [0.25, 0.3) is 0 Å². The van der Waals surface area contributed by atoms with Gasteiger partial charge in [-0.05, 0) is 96.7 Å². The van der Waals surface area contributed by atoms with E-state index >= 15 is 0 Å². The van der Waals surface area contributed by atoms with Gasteiger partial charge in [0.15, 0.2) is 0 Å². The van der Waals surface area contributed by atoms with Crippen molar-refractivity contribution in [1.29, 1.82) is 0 Å². The van der Waals surface area contributed by atoms with Gasteiger partial charge in [-0.3, -0.25) is 9.59 Å². The van der Waals surface area contributed by atoms with Crippen molar-refractivity contribution in [1.82, 2.24) is 9.62 Å². The van der Waals surface area contributed by atoms with Crippen molar-refractivity contribution in [3.63, 3.8) is 0 Å². The first-order chi connectivity index (χ1) is 27.9. The summed E-state index contributed by atoms with van der Waals surface area (Å²) in [5, 5.41) is 0. The van der Waals surface area contributed by atoms with Gasteiger partial charge in [-0.25, -0.2) is 8.93 Å². The van der Waals surface area contributed by atoms with Crippen LogP contribution >= 0.6 is 0 Å². The van der Waals surface area contributed by atoms with Crippen LogP contribution in [0, 0.1) is 0 Å². The summed E-state index contributed by atoms with van der Waals surface area (Å²) in [6.07, 6.45) is 43.3. The number of carbonyl (C=O) groups is 2. The van der Waals surface area contributed by atoms with Crippen molar-refractivity contribution in [2.45, 2.75) is 271 Å². The molecule has 0 aromatic rings. The van der Waals surface area contributed by atoms with E-state index in [4.69, 9.17) is 9.47 Å². The summed E-state index contributed by atoms with van der Waals surface area (Å²) < 4.78 is 26.5. The molecular formula is C49H98N2O5S. The summed E-state index contributed by atoms with van der Waals surface area (Å²) in [6, 6.07) is 0. The lowest BCUT2D eigenvalue weighted by atomic mass is 10.0. The van der Waals surface area contributed by atoms with Crippen molar-refractivity contribution in [2.24, 2.45) is 0 Å². The Kier molecular flexibility index (Phi) is 43.8. The van der Waals surface area contributed by atoms with Gasteiger partial charge < -0.3 is 14.4 Å². The first kappa shape index (κ1) is 56.0. The Labute approximate surface area is 358 Å². The Hall–Kier alpha value is -0.990. The zero-order valence-corrected chi connectivity index (χ0v) is 39.7. The lowest BCUT2D eigenvalue weighted by molar-refractivity contribution is -0.151. The van der Waals surface area contributed by atoms with Crippen LogP contribution in [0.3, 0.4) is 0 Å². The lowest BCUT2D eigenvalue weighted by Gasteiger charge is -2.22. The van der Waals surface area contributed by atoms with E-state index in [1.165, 1.54) is 141 Å². The molecule has 0 fully saturated rings. The highest BCUT2D eigenvalue weighted by atomic mass is 32.2. The van der Waals surface area contributed by atoms with Crippen LogP contribution in [-0.4, -0.2) is 65.7 Å². The average molecular weight is 827 g/mol. The Morgan fingerprint density at radius 3 is 1.16 bits per heavy atom. The van der Waals surface area contributed by atoms with E-state index in [0.29, 0.717) is 12.8 Å². The van der Waals surface area contributed by atoms with E-state index in [2.05, 4.69) is 37.3 Å². The first-order valence-electron chi connectivity index (χ1n) is 25.0. The molecule has 7 nitrogen and oxygen atoms in total. The number of ether oxygens (including phenoxy) is 2.